The highest BCUT2D eigenvalue weighted by Crippen LogP contribution is 2.34. The molecule has 112 valence electrons. The summed E-state index contributed by atoms with van der Waals surface area (Å²) in [5.41, 5.74) is 6.09. The topological polar surface area (TPSA) is 73.6 Å². The van der Waals surface area contributed by atoms with Crippen LogP contribution in [-0.4, -0.2) is 25.7 Å². The molecule has 0 radical (unpaired) electrons. The van der Waals surface area contributed by atoms with Crippen LogP contribution < -0.4 is 20.5 Å². The van der Waals surface area contributed by atoms with Crippen molar-refractivity contribution in [2.45, 2.75) is 24.9 Å². The number of ether oxygens (including phenoxy) is 2. The van der Waals surface area contributed by atoms with Gasteiger partial charge < -0.3 is 20.5 Å². The summed E-state index contributed by atoms with van der Waals surface area (Å²) in [4.78, 5) is 11.8. The van der Waals surface area contributed by atoms with Gasteiger partial charge in [0.1, 0.15) is 0 Å². The number of nitrogens with two attached hydrogens (primary N) is 1. The third-order valence-electron chi connectivity index (χ3n) is 3.23. The predicted octanol–water partition coefficient (Wildman–Crippen LogP) is 2.00. The average molecular weight is 366 g/mol. The molecule has 0 unspecified atom stereocenters. The lowest BCUT2D eigenvalue weighted by molar-refractivity contribution is -0.123. The van der Waals surface area contributed by atoms with Crippen molar-refractivity contribution < 1.29 is 14.3 Å². The van der Waals surface area contributed by atoms with Gasteiger partial charge in [0.2, 0.25) is 5.91 Å². The van der Waals surface area contributed by atoms with Crippen molar-refractivity contribution in [3.05, 3.63) is 22.2 Å². The van der Waals surface area contributed by atoms with Crippen LogP contribution >= 0.6 is 28.3 Å². The number of hydrogen-bond donors (Lipinski definition) is 2. The zero-order valence-corrected chi connectivity index (χ0v) is 13.8. The third kappa shape index (κ3) is 3.56. The Hall–Kier alpha value is -0.980. The van der Waals surface area contributed by atoms with E-state index in [0.29, 0.717) is 18.0 Å². The third-order valence-corrected chi connectivity index (χ3v) is 3.97. The van der Waals surface area contributed by atoms with E-state index in [9.17, 15) is 4.79 Å². The summed E-state index contributed by atoms with van der Waals surface area (Å²) in [6, 6.07) is 3.65. The molecular formula is C13H18BrClN2O3. The maximum absolute atomic E-state index is 11.8. The quantitative estimate of drug-likeness (QED) is 0.837. The van der Waals surface area contributed by atoms with E-state index in [1.807, 2.05) is 12.1 Å². The highest BCUT2D eigenvalue weighted by molar-refractivity contribution is 9.10. The molecule has 0 aliphatic heterocycles. The Morgan fingerprint density at radius 3 is 2.40 bits per heavy atom. The molecule has 7 heteroatoms. The second kappa shape index (κ2) is 6.65. The number of halogens is 2. The van der Waals surface area contributed by atoms with E-state index in [4.69, 9.17) is 15.2 Å². The van der Waals surface area contributed by atoms with Gasteiger partial charge in [0.05, 0.1) is 19.8 Å². The minimum absolute atomic E-state index is 0. The van der Waals surface area contributed by atoms with Gasteiger partial charge in [-0.25, -0.2) is 0 Å². The van der Waals surface area contributed by atoms with Crippen LogP contribution in [0.15, 0.2) is 16.6 Å². The molecule has 1 aromatic rings. The molecule has 3 N–H and O–H groups in total. The van der Waals surface area contributed by atoms with Gasteiger partial charge in [-0.05, 0) is 30.5 Å². The molecule has 0 heterocycles. The summed E-state index contributed by atoms with van der Waals surface area (Å²) in [6.07, 6.45) is 1.51. The summed E-state index contributed by atoms with van der Waals surface area (Å²) in [7, 11) is 3.16. The molecule has 2 rings (SSSR count). The first-order chi connectivity index (χ1) is 9.00. The summed E-state index contributed by atoms with van der Waals surface area (Å²) in [6.45, 7) is 0.402. The fourth-order valence-corrected chi connectivity index (χ4v) is 2.21. The molecule has 0 spiro atoms. The number of nitrogens with one attached hydrogen (secondary N) is 1. The maximum atomic E-state index is 11.8. The minimum atomic E-state index is -0.650. The number of carbonyl (C=O) groups is 1. The molecule has 1 amide bonds. The van der Waals surface area contributed by atoms with E-state index in [0.717, 1.165) is 22.9 Å². The Kier molecular flexibility index (Phi) is 5.68. The standard InChI is InChI=1S/C13H17BrN2O3.ClH/c1-18-10-5-8(9(14)6-11(10)19-2)7-16-12(17)13(15)3-4-13;/h5-6H,3-4,7,15H2,1-2H3,(H,16,17);1H. The van der Waals surface area contributed by atoms with Gasteiger partial charge in [-0.2, -0.15) is 0 Å². The zero-order valence-electron chi connectivity index (χ0n) is 11.4. The SMILES string of the molecule is COc1cc(Br)c(CNC(=O)C2(N)CC2)cc1OC.Cl. The fraction of sp³-hybridized carbons (Fsp3) is 0.462. The highest BCUT2D eigenvalue weighted by atomic mass is 79.9. The number of amides is 1. The zero-order chi connectivity index (χ0) is 14.0. The lowest BCUT2D eigenvalue weighted by atomic mass is 10.2. The molecule has 1 aliphatic rings. The van der Waals surface area contributed by atoms with Crippen LogP contribution in [0.4, 0.5) is 0 Å². The van der Waals surface area contributed by atoms with Crippen molar-refractivity contribution >= 4 is 34.2 Å². The molecule has 0 saturated heterocycles. The molecule has 1 aliphatic carbocycles. The van der Waals surface area contributed by atoms with Crippen molar-refractivity contribution in [2.24, 2.45) is 5.73 Å². The van der Waals surface area contributed by atoms with E-state index >= 15 is 0 Å². The minimum Gasteiger partial charge on any atom is -0.493 e. The molecular weight excluding hydrogens is 348 g/mol. The van der Waals surface area contributed by atoms with Crippen molar-refractivity contribution in [3.8, 4) is 11.5 Å². The van der Waals surface area contributed by atoms with Gasteiger partial charge in [0, 0.05) is 11.0 Å². The highest BCUT2D eigenvalue weighted by Gasteiger charge is 2.45. The largest absolute Gasteiger partial charge is 0.493 e. The second-order valence-corrected chi connectivity index (χ2v) is 5.49. The van der Waals surface area contributed by atoms with Crippen LogP contribution in [0.3, 0.4) is 0 Å². The van der Waals surface area contributed by atoms with E-state index in [1.54, 1.807) is 14.2 Å². The number of carbonyl (C=O) groups excluding carboxylic acids is 1. The van der Waals surface area contributed by atoms with Crippen molar-refractivity contribution in [1.82, 2.24) is 5.32 Å². The second-order valence-electron chi connectivity index (χ2n) is 4.64. The van der Waals surface area contributed by atoms with Gasteiger partial charge in [-0.15, -0.1) is 12.4 Å². The summed E-state index contributed by atoms with van der Waals surface area (Å²) in [5, 5.41) is 2.84. The Morgan fingerprint density at radius 2 is 1.90 bits per heavy atom. The fourth-order valence-electron chi connectivity index (χ4n) is 1.75. The molecule has 20 heavy (non-hydrogen) atoms. The molecule has 1 saturated carbocycles. The number of rotatable bonds is 5. The first-order valence-electron chi connectivity index (χ1n) is 5.98. The molecule has 5 nitrogen and oxygen atoms in total. The Labute approximate surface area is 132 Å². The Balaban J connectivity index is 0.00000200. The van der Waals surface area contributed by atoms with E-state index < -0.39 is 5.54 Å². The Bertz CT molecular complexity index is 507. The van der Waals surface area contributed by atoms with Crippen molar-refractivity contribution in [2.75, 3.05) is 14.2 Å². The summed E-state index contributed by atoms with van der Waals surface area (Å²) in [5.74, 6) is 1.17. The van der Waals surface area contributed by atoms with Crippen LogP contribution in [0.5, 0.6) is 11.5 Å². The van der Waals surface area contributed by atoms with E-state index in [-0.39, 0.29) is 18.3 Å². The molecule has 0 atom stereocenters. The van der Waals surface area contributed by atoms with Gasteiger partial charge in [-0.1, -0.05) is 15.9 Å². The lowest BCUT2D eigenvalue weighted by Crippen LogP contribution is -2.42. The predicted molar refractivity (Wildman–Crippen MR) is 82.5 cm³/mol. The smallest absolute Gasteiger partial charge is 0.240 e. The van der Waals surface area contributed by atoms with Gasteiger partial charge >= 0.3 is 0 Å². The molecule has 1 aromatic carbocycles. The number of methoxy groups -OCH3 is 2. The summed E-state index contributed by atoms with van der Waals surface area (Å²) < 4.78 is 11.3. The van der Waals surface area contributed by atoms with Crippen LogP contribution in [0, 0.1) is 0 Å². The van der Waals surface area contributed by atoms with E-state index in [1.165, 1.54) is 0 Å². The lowest BCUT2D eigenvalue weighted by Gasteiger charge is -2.14. The van der Waals surface area contributed by atoms with Crippen LogP contribution in [0.1, 0.15) is 18.4 Å². The molecule has 1 fully saturated rings. The normalized spacial score (nSPS) is 15.0. The van der Waals surface area contributed by atoms with Gasteiger partial charge in [0.15, 0.2) is 11.5 Å². The van der Waals surface area contributed by atoms with Gasteiger partial charge in [0.25, 0.3) is 0 Å². The number of benzene rings is 1. The maximum Gasteiger partial charge on any atom is 0.240 e. The van der Waals surface area contributed by atoms with Gasteiger partial charge in [-0.3, -0.25) is 4.79 Å². The average Bonchev–Trinajstić information content (AvgIpc) is 3.15. The summed E-state index contributed by atoms with van der Waals surface area (Å²) >= 11 is 3.45. The Morgan fingerprint density at radius 1 is 1.35 bits per heavy atom. The first kappa shape index (κ1) is 17.1. The van der Waals surface area contributed by atoms with Crippen LogP contribution in [0.2, 0.25) is 0 Å². The molecule has 0 aromatic heterocycles. The van der Waals surface area contributed by atoms with Crippen molar-refractivity contribution in [3.63, 3.8) is 0 Å². The monoisotopic (exact) mass is 364 g/mol. The molecule has 0 bridgehead atoms. The van der Waals surface area contributed by atoms with Crippen LogP contribution in [0.25, 0.3) is 0 Å². The van der Waals surface area contributed by atoms with E-state index in [2.05, 4.69) is 21.2 Å². The van der Waals surface area contributed by atoms with Crippen molar-refractivity contribution in [1.29, 1.82) is 0 Å². The number of hydrogen-bond acceptors (Lipinski definition) is 4. The first-order valence-corrected chi connectivity index (χ1v) is 6.77. The van der Waals surface area contributed by atoms with Crippen LogP contribution in [-0.2, 0) is 11.3 Å².